The van der Waals surface area contributed by atoms with Gasteiger partial charge in [-0.2, -0.15) is 5.10 Å². The molecule has 0 N–H and O–H groups in total. The molecule has 1 aliphatic heterocycles. The number of halogens is 2. The molecule has 1 fully saturated rings. The molecule has 0 atom stereocenters. The van der Waals surface area contributed by atoms with Crippen LogP contribution in [0, 0.1) is 12.7 Å². The van der Waals surface area contributed by atoms with Crippen LogP contribution in [0.2, 0.25) is 5.02 Å². The smallest absolute Gasteiger partial charge is 0.137 e. The number of anilines is 1. The van der Waals surface area contributed by atoms with Crippen LogP contribution in [0.4, 0.5) is 10.2 Å². The van der Waals surface area contributed by atoms with E-state index in [2.05, 4.69) is 34.6 Å². The van der Waals surface area contributed by atoms with Crippen LogP contribution >= 0.6 is 11.6 Å². The van der Waals surface area contributed by atoms with Crippen LogP contribution in [0.15, 0.2) is 48.5 Å². The van der Waals surface area contributed by atoms with E-state index in [0.717, 1.165) is 80.1 Å². The zero-order chi connectivity index (χ0) is 24.8. The zero-order valence-electron chi connectivity index (χ0n) is 20.9. The van der Waals surface area contributed by atoms with Crippen molar-refractivity contribution in [1.82, 2.24) is 19.6 Å². The van der Waals surface area contributed by atoms with Crippen molar-refractivity contribution in [3.63, 3.8) is 0 Å². The lowest BCUT2D eigenvalue weighted by molar-refractivity contribution is 0.140. The summed E-state index contributed by atoms with van der Waals surface area (Å²) in [5.41, 5.74) is 4.20. The quantitative estimate of drug-likeness (QED) is 0.402. The third kappa shape index (κ3) is 6.41. The van der Waals surface area contributed by atoms with Crippen molar-refractivity contribution in [2.75, 3.05) is 57.9 Å². The first-order valence-corrected chi connectivity index (χ1v) is 12.6. The maximum absolute atomic E-state index is 13.7. The third-order valence-electron chi connectivity index (χ3n) is 6.64. The fraction of sp³-hybridized carbons (Fsp3) is 0.444. The van der Waals surface area contributed by atoms with Gasteiger partial charge in [0.2, 0.25) is 0 Å². The van der Waals surface area contributed by atoms with Gasteiger partial charge in [0.1, 0.15) is 11.6 Å². The van der Waals surface area contributed by atoms with Gasteiger partial charge in [0, 0.05) is 63.5 Å². The predicted octanol–water partition coefficient (Wildman–Crippen LogP) is 4.76. The molecule has 1 saturated heterocycles. The number of piperazine rings is 1. The van der Waals surface area contributed by atoms with Crippen LogP contribution in [0.5, 0.6) is 0 Å². The first-order chi connectivity index (χ1) is 17.0. The van der Waals surface area contributed by atoms with Crippen molar-refractivity contribution >= 4 is 17.4 Å². The molecule has 188 valence electrons. The highest BCUT2D eigenvalue weighted by Gasteiger charge is 2.26. The van der Waals surface area contributed by atoms with E-state index in [-0.39, 0.29) is 5.82 Å². The van der Waals surface area contributed by atoms with Gasteiger partial charge < -0.3 is 14.5 Å². The van der Waals surface area contributed by atoms with E-state index >= 15 is 0 Å². The fourth-order valence-electron chi connectivity index (χ4n) is 4.65. The van der Waals surface area contributed by atoms with E-state index < -0.39 is 0 Å². The van der Waals surface area contributed by atoms with Crippen LogP contribution in [0.1, 0.15) is 23.7 Å². The number of benzene rings is 2. The number of methoxy groups -OCH3 is 1. The van der Waals surface area contributed by atoms with E-state index in [4.69, 9.17) is 21.4 Å². The average Bonchev–Trinajstić information content (AvgIpc) is 3.18. The van der Waals surface area contributed by atoms with Crippen molar-refractivity contribution in [3.8, 4) is 5.69 Å². The molecule has 1 aromatic heterocycles. The third-order valence-corrected chi connectivity index (χ3v) is 6.87. The summed E-state index contributed by atoms with van der Waals surface area (Å²) in [6.07, 6.45) is 0. The lowest BCUT2D eigenvalue weighted by atomic mass is 10.1. The summed E-state index contributed by atoms with van der Waals surface area (Å²) in [6, 6.07) is 14.6. The first kappa shape index (κ1) is 25.6. The summed E-state index contributed by atoms with van der Waals surface area (Å²) >= 11 is 6.26. The summed E-state index contributed by atoms with van der Waals surface area (Å²) in [7, 11) is 1.73. The van der Waals surface area contributed by atoms with Crippen molar-refractivity contribution in [2.45, 2.75) is 26.9 Å². The molecule has 0 unspecified atom stereocenters. The Labute approximate surface area is 212 Å². The molecule has 4 rings (SSSR count). The number of hydrogen-bond donors (Lipinski definition) is 0. The van der Waals surface area contributed by atoms with Gasteiger partial charge in [0.15, 0.2) is 0 Å². The number of aryl methyl sites for hydroxylation is 1. The zero-order valence-corrected chi connectivity index (χ0v) is 21.6. The highest BCUT2D eigenvalue weighted by Crippen LogP contribution is 2.30. The van der Waals surface area contributed by atoms with Gasteiger partial charge >= 0.3 is 0 Å². The molecule has 1 aliphatic rings. The van der Waals surface area contributed by atoms with E-state index in [9.17, 15) is 4.39 Å². The SMILES string of the molecule is CCN1CCN(c2c(CN(CCOC)Cc3cccc(Cl)c3)c(C)nn2-c2ccc(F)cc2)CC1. The van der Waals surface area contributed by atoms with Crippen LogP contribution in [-0.4, -0.2) is 72.6 Å². The van der Waals surface area contributed by atoms with Gasteiger partial charge in [-0.1, -0.05) is 30.7 Å². The lowest BCUT2D eigenvalue weighted by Gasteiger charge is -2.36. The highest BCUT2D eigenvalue weighted by molar-refractivity contribution is 6.30. The normalized spacial score (nSPS) is 14.7. The Kier molecular flexibility index (Phi) is 8.78. The maximum Gasteiger partial charge on any atom is 0.137 e. The van der Waals surface area contributed by atoms with Crippen molar-refractivity contribution in [2.24, 2.45) is 0 Å². The van der Waals surface area contributed by atoms with Gasteiger partial charge in [0.25, 0.3) is 0 Å². The standard InChI is InChI=1S/C27H35ClFN5O/c1-4-31-12-14-33(15-13-31)27-26(21(2)30-34(27)25-10-8-24(29)9-11-25)20-32(16-17-35-3)19-22-6-5-7-23(28)18-22/h5-11,18H,4,12-17,19-20H2,1-3H3. The number of hydrogen-bond acceptors (Lipinski definition) is 5. The minimum Gasteiger partial charge on any atom is -0.383 e. The number of nitrogens with zero attached hydrogens (tertiary/aromatic N) is 5. The van der Waals surface area contributed by atoms with Gasteiger partial charge in [0.05, 0.1) is 18.0 Å². The molecule has 0 saturated carbocycles. The molecule has 0 bridgehead atoms. The monoisotopic (exact) mass is 499 g/mol. The summed E-state index contributed by atoms with van der Waals surface area (Å²) in [5, 5.41) is 5.68. The van der Waals surface area contributed by atoms with Crippen LogP contribution in [0.3, 0.4) is 0 Å². The molecule has 0 radical (unpaired) electrons. The van der Waals surface area contributed by atoms with Gasteiger partial charge in [-0.3, -0.25) is 4.90 Å². The second kappa shape index (κ2) is 12.0. The van der Waals surface area contributed by atoms with Crippen molar-refractivity contribution in [3.05, 3.63) is 76.2 Å². The summed E-state index contributed by atoms with van der Waals surface area (Å²) in [4.78, 5) is 7.27. The number of rotatable bonds is 10. The molecule has 2 heterocycles. The minimum absolute atomic E-state index is 0.247. The molecule has 35 heavy (non-hydrogen) atoms. The summed E-state index contributed by atoms with van der Waals surface area (Å²) < 4.78 is 21.1. The predicted molar refractivity (Wildman–Crippen MR) is 140 cm³/mol. The number of ether oxygens (including phenoxy) is 1. The summed E-state index contributed by atoms with van der Waals surface area (Å²) in [6.45, 7) is 12.1. The molecule has 2 aromatic carbocycles. The van der Waals surface area contributed by atoms with Crippen LogP contribution < -0.4 is 4.90 Å². The van der Waals surface area contributed by atoms with Crippen molar-refractivity contribution in [1.29, 1.82) is 0 Å². The number of aromatic nitrogens is 2. The lowest BCUT2D eigenvalue weighted by Crippen LogP contribution is -2.47. The Morgan fingerprint density at radius 3 is 2.46 bits per heavy atom. The average molecular weight is 500 g/mol. The number of likely N-dealkylation sites (N-methyl/N-ethyl adjacent to an activating group) is 1. The molecular formula is C27H35ClFN5O. The molecule has 0 amide bonds. The van der Waals surface area contributed by atoms with Gasteiger partial charge in [-0.25, -0.2) is 9.07 Å². The molecule has 0 spiro atoms. The molecule has 8 heteroatoms. The van der Waals surface area contributed by atoms with E-state index in [1.165, 1.54) is 17.7 Å². The topological polar surface area (TPSA) is 36.8 Å². The Hall–Kier alpha value is -2.45. The molecule has 3 aromatic rings. The van der Waals surface area contributed by atoms with E-state index in [0.29, 0.717) is 6.61 Å². The Morgan fingerprint density at radius 1 is 1.06 bits per heavy atom. The Morgan fingerprint density at radius 2 is 1.80 bits per heavy atom. The van der Waals surface area contributed by atoms with Crippen molar-refractivity contribution < 1.29 is 9.13 Å². The first-order valence-electron chi connectivity index (χ1n) is 12.3. The minimum atomic E-state index is -0.247. The fourth-order valence-corrected chi connectivity index (χ4v) is 4.86. The second-order valence-electron chi connectivity index (χ2n) is 9.03. The van der Waals surface area contributed by atoms with E-state index in [1.54, 1.807) is 19.2 Å². The highest BCUT2D eigenvalue weighted by atomic mass is 35.5. The molecular weight excluding hydrogens is 465 g/mol. The van der Waals surface area contributed by atoms with Crippen LogP contribution in [0.25, 0.3) is 5.69 Å². The van der Waals surface area contributed by atoms with Gasteiger partial charge in [-0.05, 0) is 55.4 Å². The maximum atomic E-state index is 13.7. The van der Waals surface area contributed by atoms with Crippen LogP contribution in [-0.2, 0) is 17.8 Å². The Bertz CT molecular complexity index is 1100. The molecule has 0 aliphatic carbocycles. The Balaban J connectivity index is 1.69. The van der Waals surface area contributed by atoms with Gasteiger partial charge in [-0.15, -0.1) is 0 Å². The summed E-state index contributed by atoms with van der Waals surface area (Å²) in [5.74, 6) is 0.849. The van der Waals surface area contributed by atoms with E-state index in [1.807, 2.05) is 22.9 Å². The second-order valence-corrected chi connectivity index (χ2v) is 9.47. The largest absolute Gasteiger partial charge is 0.383 e. The molecule has 6 nitrogen and oxygen atoms in total.